The van der Waals surface area contributed by atoms with Gasteiger partial charge in [-0.05, 0) is 30.3 Å². The molecule has 25 heavy (non-hydrogen) atoms. The first-order valence-corrected chi connectivity index (χ1v) is 7.79. The van der Waals surface area contributed by atoms with Gasteiger partial charge in [0.1, 0.15) is 6.61 Å². The molecule has 2 N–H and O–H groups in total. The molecule has 0 bridgehead atoms. The number of nitriles is 1. The number of amides is 1. The third kappa shape index (κ3) is 6.12. The molecule has 1 aromatic carbocycles. The molecule has 0 spiro atoms. The quantitative estimate of drug-likeness (QED) is 0.675. The summed E-state index contributed by atoms with van der Waals surface area (Å²) in [4.78, 5) is 16.1. The molecule has 1 aromatic heterocycles. The van der Waals surface area contributed by atoms with Crippen molar-refractivity contribution in [2.45, 2.75) is 6.54 Å². The zero-order valence-electron chi connectivity index (χ0n) is 14.0. The molecule has 0 aliphatic carbocycles. The summed E-state index contributed by atoms with van der Waals surface area (Å²) in [6.07, 6.45) is 1.64. The summed E-state index contributed by atoms with van der Waals surface area (Å²) in [6.45, 7) is 1.32. The highest BCUT2D eigenvalue weighted by Crippen LogP contribution is 2.14. The molecule has 0 saturated carbocycles. The molecular formula is C18H20N4O3. The molecule has 7 nitrogen and oxygen atoms in total. The summed E-state index contributed by atoms with van der Waals surface area (Å²) >= 11 is 0. The Labute approximate surface area is 146 Å². The van der Waals surface area contributed by atoms with Crippen LogP contribution in [0, 0.1) is 11.3 Å². The van der Waals surface area contributed by atoms with Gasteiger partial charge in [-0.1, -0.05) is 6.07 Å². The third-order valence-electron chi connectivity index (χ3n) is 3.32. The molecule has 1 heterocycles. The zero-order chi connectivity index (χ0) is 17.9. The van der Waals surface area contributed by atoms with Crippen molar-refractivity contribution in [1.29, 1.82) is 5.26 Å². The van der Waals surface area contributed by atoms with Crippen molar-refractivity contribution >= 4 is 11.6 Å². The van der Waals surface area contributed by atoms with Crippen molar-refractivity contribution in [2.24, 2.45) is 0 Å². The van der Waals surface area contributed by atoms with Crippen LogP contribution in [0.25, 0.3) is 0 Å². The second kappa shape index (κ2) is 9.90. The SMILES string of the molecule is COCCOc1ncccc1CNC(=O)CNc1ccc(C#N)cc1. The first kappa shape index (κ1) is 18.2. The average molecular weight is 340 g/mol. The van der Waals surface area contributed by atoms with Gasteiger partial charge in [-0.15, -0.1) is 0 Å². The Morgan fingerprint density at radius 2 is 2.04 bits per heavy atom. The molecule has 7 heteroatoms. The number of aromatic nitrogens is 1. The largest absolute Gasteiger partial charge is 0.475 e. The minimum atomic E-state index is -0.156. The third-order valence-corrected chi connectivity index (χ3v) is 3.32. The van der Waals surface area contributed by atoms with Crippen molar-refractivity contribution in [3.8, 4) is 11.9 Å². The molecule has 2 rings (SSSR count). The molecule has 0 unspecified atom stereocenters. The van der Waals surface area contributed by atoms with E-state index in [1.54, 1.807) is 43.6 Å². The zero-order valence-corrected chi connectivity index (χ0v) is 14.0. The highest BCUT2D eigenvalue weighted by molar-refractivity contribution is 5.80. The monoisotopic (exact) mass is 340 g/mol. The Balaban J connectivity index is 1.80. The van der Waals surface area contributed by atoms with Gasteiger partial charge in [0.05, 0.1) is 24.8 Å². The number of rotatable bonds is 9. The normalized spacial score (nSPS) is 9.92. The van der Waals surface area contributed by atoms with Gasteiger partial charge in [-0.2, -0.15) is 5.26 Å². The molecule has 0 aliphatic heterocycles. The van der Waals surface area contributed by atoms with Crippen molar-refractivity contribution < 1.29 is 14.3 Å². The van der Waals surface area contributed by atoms with Crippen LogP contribution in [0.4, 0.5) is 5.69 Å². The van der Waals surface area contributed by atoms with E-state index in [1.165, 1.54) is 0 Å². The summed E-state index contributed by atoms with van der Waals surface area (Å²) in [6, 6.07) is 12.6. The molecule has 1 amide bonds. The Hall–Kier alpha value is -3.11. The number of pyridine rings is 1. The van der Waals surface area contributed by atoms with Gasteiger partial charge in [-0.3, -0.25) is 4.79 Å². The number of nitrogens with one attached hydrogen (secondary N) is 2. The fourth-order valence-electron chi connectivity index (χ4n) is 2.01. The maximum absolute atomic E-state index is 12.0. The second-order valence-corrected chi connectivity index (χ2v) is 5.13. The van der Waals surface area contributed by atoms with E-state index >= 15 is 0 Å². The molecule has 0 radical (unpaired) electrons. The number of ether oxygens (including phenoxy) is 2. The lowest BCUT2D eigenvalue weighted by Gasteiger charge is -2.11. The first-order valence-electron chi connectivity index (χ1n) is 7.79. The van der Waals surface area contributed by atoms with E-state index in [1.807, 2.05) is 12.1 Å². The topological polar surface area (TPSA) is 96.3 Å². The predicted molar refractivity (Wildman–Crippen MR) is 93.1 cm³/mol. The maximum atomic E-state index is 12.0. The standard InChI is InChI=1S/C18H20N4O3/c1-24-9-10-25-18-15(3-2-8-20-18)12-22-17(23)13-21-16-6-4-14(11-19)5-7-16/h2-8,21H,9-10,12-13H2,1H3,(H,22,23). The minimum absolute atomic E-state index is 0.131. The molecule has 0 saturated heterocycles. The van der Waals surface area contributed by atoms with Crippen LogP contribution in [0.15, 0.2) is 42.6 Å². The van der Waals surface area contributed by atoms with E-state index in [0.29, 0.717) is 31.2 Å². The van der Waals surface area contributed by atoms with Crippen LogP contribution in [0.2, 0.25) is 0 Å². The van der Waals surface area contributed by atoms with Gasteiger partial charge in [0.25, 0.3) is 0 Å². The Morgan fingerprint density at radius 3 is 2.76 bits per heavy atom. The summed E-state index contributed by atoms with van der Waals surface area (Å²) in [5, 5.41) is 14.6. The fraction of sp³-hybridized carbons (Fsp3) is 0.278. The van der Waals surface area contributed by atoms with Crippen molar-refractivity contribution in [2.75, 3.05) is 32.2 Å². The Kier molecular flexibility index (Phi) is 7.22. The number of hydrogen-bond donors (Lipinski definition) is 2. The molecule has 130 valence electrons. The lowest BCUT2D eigenvalue weighted by Crippen LogP contribution is -2.29. The van der Waals surface area contributed by atoms with Gasteiger partial charge < -0.3 is 20.1 Å². The number of hydrogen-bond acceptors (Lipinski definition) is 6. The van der Waals surface area contributed by atoms with E-state index in [0.717, 1.165) is 11.3 Å². The van der Waals surface area contributed by atoms with Crippen LogP contribution in [-0.2, 0) is 16.1 Å². The lowest BCUT2D eigenvalue weighted by atomic mass is 10.2. The molecule has 2 aromatic rings. The van der Waals surface area contributed by atoms with Crippen molar-refractivity contribution in [3.05, 3.63) is 53.7 Å². The van der Waals surface area contributed by atoms with E-state index in [9.17, 15) is 4.79 Å². The van der Waals surface area contributed by atoms with E-state index in [-0.39, 0.29) is 12.5 Å². The minimum Gasteiger partial charge on any atom is -0.475 e. The fourth-order valence-corrected chi connectivity index (χ4v) is 2.01. The average Bonchev–Trinajstić information content (AvgIpc) is 2.66. The number of carbonyl (C=O) groups excluding carboxylic acids is 1. The van der Waals surface area contributed by atoms with Gasteiger partial charge in [0, 0.05) is 31.1 Å². The van der Waals surface area contributed by atoms with E-state index < -0.39 is 0 Å². The molecule has 0 aliphatic rings. The highest BCUT2D eigenvalue weighted by atomic mass is 16.5. The number of anilines is 1. The smallest absolute Gasteiger partial charge is 0.239 e. The summed E-state index contributed by atoms with van der Waals surface area (Å²) < 4.78 is 10.5. The number of carbonyl (C=O) groups is 1. The number of nitrogens with zero attached hydrogens (tertiary/aromatic N) is 2. The maximum Gasteiger partial charge on any atom is 0.239 e. The van der Waals surface area contributed by atoms with E-state index in [2.05, 4.69) is 15.6 Å². The van der Waals surface area contributed by atoms with E-state index in [4.69, 9.17) is 14.7 Å². The Bertz CT molecular complexity index is 726. The van der Waals surface area contributed by atoms with Gasteiger partial charge in [-0.25, -0.2) is 4.98 Å². The van der Waals surface area contributed by atoms with Crippen LogP contribution < -0.4 is 15.4 Å². The van der Waals surface area contributed by atoms with Crippen LogP contribution in [-0.4, -0.2) is 37.8 Å². The van der Waals surface area contributed by atoms with Crippen LogP contribution in [0.3, 0.4) is 0 Å². The number of methoxy groups -OCH3 is 1. The Morgan fingerprint density at radius 1 is 1.24 bits per heavy atom. The van der Waals surface area contributed by atoms with Gasteiger partial charge >= 0.3 is 0 Å². The predicted octanol–water partition coefficient (Wildman–Crippen LogP) is 1.71. The van der Waals surface area contributed by atoms with Crippen LogP contribution in [0.1, 0.15) is 11.1 Å². The summed E-state index contributed by atoms with van der Waals surface area (Å²) in [5.74, 6) is 0.330. The van der Waals surface area contributed by atoms with Gasteiger partial charge in [0.2, 0.25) is 11.8 Å². The van der Waals surface area contributed by atoms with Crippen LogP contribution >= 0.6 is 0 Å². The van der Waals surface area contributed by atoms with Crippen LogP contribution in [0.5, 0.6) is 5.88 Å². The summed E-state index contributed by atoms with van der Waals surface area (Å²) in [5.41, 5.74) is 2.15. The van der Waals surface area contributed by atoms with Gasteiger partial charge in [0.15, 0.2) is 0 Å². The highest BCUT2D eigenvalue weighted by Gasteiger charge is 2.07. The molecular weight excluding hydrogens is 320 g/mol. The molecule has 0 atom stereocenters. The lowest BCUT2D eigenvalue weighted by molar-refractivity contribution is -0.119. The first-order chi connectivity index (χ1) is 12.2. The van der Waals surface area contributed by atoms with Crippen molar-refractivity contribution in [3.63, 3.8) is 0 Å². The summed E-state index contributed by atoms with van der Waals surface area (Å²) in [7, 11) is 1.60. The second-order valence-electron chi connectivity index (χ2n) is 5.13. The molecule has 0 fully saturated rings. The van der Waals surface area contributed by atoms with Crippen molar-refractivity contribution in [1.82, 2.24) is 10.3 Å². The number of benzene rings is 1.